The summed E-state index contributed by atoms with van der Waals surface area (Å²) in [6.07, 6.45) is 0. The Hall–Kier alpha value is -1.30. The van der Waals surface area contributed by atoms with Crippen molar-refractivity contribution in [2.24, 2.45) is 10.9 Å². The van der Waals surface area contributed by atoms with Crippen LogP contribution in [-0.4, -0.2) is 23.6 Å². The minimum absolute atomic E-state index is 0.133. The van der Waals surface area contributed by atoms with Crippen LogP contribution >= 0.6 is 11.8 Å². The first-order valence-corrected chi connectivity index (χ1v) is 6.96. The number of rotatable bonds is 4. The van der Waals surface area contributed by atoms with Crippen LogP contribution in [0.5, 0.6) is 5.75 Å². The summed E-state index contributed by atoms with van der Waals surface area (Å²) in [4.78, 5) is 4.38. The Morgan fingerprint density at radius 2 is 2.11 bits per heavy atom. The monoisotopic (exact) mass is 286 g/mol. The number of aliphatic imine (C=N–C) groups is 1. The molecule has 104 valence electrons. The molecule has 0 aromatic heterocycles. The van der Waals surface area contributed by atoms with Crippen LogP contribution in [0.3, 0.4) is 0 Å². The van der Waals surface area contributed by atoms with Crippen molar-refractivity contribution >= 4 is 22.6 Å². The molecule has 3 nitrogen and oxygen atoms in total. The van der Waals surface area contributed by atoms with Crippen molar-refractivity contribution in [1.29, 1.82) is 0 Å². The number of anilines is 1. The third kappa shape index (κ3) is 3.83. The van der Waals surface area contributed by atoms with Gasteiger partial charge in [-0.1, -0.05) is 37.7 Å². The molecule has 0 bridgehead atoms. The molecule has 19 heavy (non-hydrogen) atoms. The minimum atomic E-state index is -2.83. The average Bonchev–Trinajstić information content (AvgIpc) is 2.80. The normalized spacial score (nSPS) is 18.8. The molecule has 1 atom stereocenters. The van der Waals surface area contributed by atoms with Crippen LogP contribution in [0.15, 0.2) is 29.3 Å². The van der Waals surface area contributed by atoms with Crippen LogP contribution in [0.25, 0.3) is 0 Å². The van der Waals surface area contributed by atoms with Crippen molar-refractivity contribution in [1.82, 2.24) is 0 Å². The highest BCUT2D eigenvalue weighted by atomic mass is 32.2. The molecule has 1 unspecified atom stereocenters. The number of ether oxygens (including phenoxy) is 1. The summed E-state index contributed by atoms with van der Waals surface area (Å²) in [5, 5.41) is 4.24. The first-order chi connectivity index (χ1) is 9.06. The van der Waals surface area contributed by atoms with E-state index in [9.17, 15) is 8.78 Å². The van der Waals surface area contributed by atoms with E-state index >= 15 is 0 Å². The van der Waals surface area contributed by atoms with Crippen LogP contribution in [0.2, 0.25) is 0 Å². The number of nitrogens with zero attached hydrogens (tertiary/aromatic N) is 1. The van der Waals surface area contributed by atoms with Crippen molar-refractivity contribution in [3.05, 3.63) is 24.3 Å². The number of benzene rings is 1. The number of hydrogen-bond acceptors (Lipinski definition) is 4. The smallest absolute Gasteiger partial charge is 0.387 e. The molecule has 6 heteroatoms. The molecule has 1 aliphatic heterocycles. The van der Waals surface area contributed by atoms with E-state index in [2.05, 4.69) is 28.9 Å². The van der Waals surface area contributed by atoms with Gasteiger partial charge in [0.25, 0.3) is 0 Å². The quantitative estimate of drug-likeness (QED) is 0.913. The van der Waals surface area contributed by atoms with E-state index in [1.165, 1.54) is 6.07 Å². The van der Waals surface area contributed by atoms with Crippen molar-refractivity contribution in [3.8, 4) is 5.75 Å². The molecular weight excluding hydrogens is 270 g/mol. The Balaban J connectivity index is 2.04. The summed E-state index contributed by atoms with van der Waals surface area (Å²) in [5.41, 5.74) is 0.512. The largest absolute Gasteiger partial charge is 0.433 e. The lowest BCUT2D eigenvalue weighted by atomic mass is 10.1. The fourth-order valence-corrected chi connectivity index (χ4v) is 2.72. The van der Waals surface area contributed by atoms with Gasteiger partial charge in [-0.15, -0.1) is 0 Å². The van der Waals surface area contributed by atoms with Crippen molar-refractivity contribution in [3.63, 3.8) is 0 Å². The molecule has 1 aromatic carbocycles. The molecule has 0 saturated carbocycles. The van der Waals surface area contributed by atoms with Gasteiger partial charge in [0, 0.05) is 5.25 Å². The lowest BCUT2D eigenvalue weighted by molar-refractivity contribution is -0.0493. The summed E-state index contributed by atoms with van der Waals surface area (Å²) in [5.74, 6) is 0.661. The summed E-state index contributed by atoms with van der Waals surface area (Å²) >= 11 is 1.64. The number of hydrogen-bond donors (Lipinski definition) is 1. The second-order valence-corrected chi connectivity index (χ2v) is 5.77. The Morgan fingerprint density at radius 1 is 1.37 bits per heavy atom. The van der Waals surface area contributed by atoms with Crippen molar-refractivity contribution in [2.75, 3.05) is 11.9 Å². The lowest BCUT2D eigenvalue weighted by Crippen LogP contribution is -2.13. The average molecular weight is 286 g/mol. The molecule has 1 N–H and O–H groups in total. The second-order valence-electron chi connectivity index (χ2n) is 4.55. The van der Waals surface area contributed by atoms with Crippen molar-refractivity contribution in [2.45, 2.75) is 25.7 Å². The van der Waals surface area contributed by atoms with E-state index in [0.717, 1.165) is 11.7 Å². The zero-order chi connectivity index (χ0) is 13.8. The van der Waals surface area contributed by atoms with E-state index in [1.807, 2.05) is 0 Å². The predicted molar refractivity (Wildman–Crippen MR) is 75.2 cm³/mol. The molecule has 0 radical (unpaired) electrons. The third-order valence-corrected chi connectivity index (χ3v) is 4.22. The highest BCUT2D eigenvalue weighted by molar-refractivity contribution is 8.15. The third-order valence-electron chi connectivity index (χ3n) is 2.77. The topological polar surface area (TPSA) is 33.6 Å². The fourth-order valence-electron chi connectivity index (χ4n) is 1.69. The molecule has 1 heterocycles. The molecule has 0 amide bonds. The zero-order valence-corrected chi connectivity index (χ0v) is 11.6. The SMILES string of the molecule is CC(C)C1CN=C(Nc2ccccc2OC(F)F)S1. The molecule has 0 aliphatic carbocycles. The van der Waals surface area contributed by atoms with E-state index in [0.29, 0.717) is 16.9 Å². The molecule has 1 aliphatic rings. The van der Waals surface area contributed by atoms with E-state index in [4.69, 9.17) is 0 Å². The first kappa shape index (κ1) is 14.1. The van der Waals surface area contributed by atoms with Gasteiger partial charge in [0.2, 0.25) is 0 Å². The van der Waals surface area contributed by atoms with E-state index in [-0.39, 0.29) is 5.75 Å². The zero-order valence-electron chi connectivity index (χ0n) is 10.8. The van der Waals surface area contributed by atoms with Crippen LogP contribution in [0, 0.1) is 5.92 Å². The van der Waals surface area contributed by atoms with Gasteiger partial charge in [-0.05, 0) is 18.1 Å². The molecule has 2 rings (SSSR count). The van der Waals surface area contributed by atoms with Gasteiger partial charge in [0.05, 0.1) is 12.2 Å². The van der Waals surface area contributed by atoms with Gasteiger partial charge < -0.3 is 10.1 Å². The molecular formula is C13H16F2N2OS. The van der Waals surface area contributed by atoms with Gasteiger partial charge in [0.15, 0.2) is 5.17 Å². The molecule has 0 saturated heterocycles. The fraction of sp³-hybridized carbons (Fsp3) is 0.462. The Kier molecular flexibility index (Phi) is 4.63. The van der Waals surface area contributed by atoms with Crippen molar-refractivity contribution < 1.29 is 13.5 Å². The second kappa shape index (κ2) is 6.23. The molecule has 0 spiro atoms. The molecule has 1 aromatic rings. The van der Waals surface area contributed by atoms with Crippen LogP contribution < -0.4 is 10.1 Å². The highest BCUT2D eigenvalue weighted by Crippen LogP contribution is 2.31. The molecule has 0 fully saturated rings. The number of nitrogens with one attached hydrogen (secondary N) is 1. The predicted octanol–water partition coefficient (Wildman–Crippen LogP) is 3.83. The number of halogens is 2. The number of alkyl halides is 2. The lowest BCUT2D eigenvalue weighted by Gasteiger charge is -2.14. The highest BCUT2D eigenvalue weighted by Gasteiger charge is 2.23. The van der Waals surface area contributed by atoms with Crippen LogP contribution in [0.4, 0.5) is 14.5 Å². The van der Waals surface area contributed by atoms with Crippen LogP contribution in [0.1, 0.15) is 13.8 Å². The summed E-state index contributed by atoms with van der Waals surface area (Å²) < 4.78 is 29.1. The minimum Gasteiger partial charge on any atom is -0.433 e. The Bertz CT molecular complexity index is 466. The maximum atomic E-state index is 12.3. The standard InChI is InChI=1S/C13H16F2N2OS/c1-8(2)11-7-16-13(19-11)17-9-5-3-4-6-10(9)18-12(14)15/h3-6,8,11-12H,7H2,1-2H3,(H,16,17). The number of amidine groups is 1. The van der Waals surface area contributed by atoms with Crippen LogP contribution in [-0.2, 0) is 0 Å². The summed E-state index contributed by atoms with van der Waals surface area (Å²) in [6.45, 7) is 2.21. The Morgan fingerprint density at radius 3 is 2.74 bits per heavy atom. The van der Waals surface area contributed by atoms with Gasteiger partial charge in [-0.25, -0.2) is 0 Å². The first-order valence-electron chi connectivity index (χ1n) is 6.08. The summed E-state index contributed by atoms with van der Waals surface area (Å²) in [6, 6.07) is 6.63. The number of thioether (sulfide) groups is 1. The van der Waals surface area contributed by atoms with Gasteiger partial charge in [-0.2, -0.15) is 8.78 Å². The Labute approximate surface area is 115 Å². The van der Waals surface area contributed by atoms with Gasteiger partial charge in [-0.3, -0.25) is 4.99 Å². The van der Waals surface area contributed by atoms with E-state index in [1.54, 1.807) is 30.0 Å². The number of para-hydroxylation sites is 2. The van der Waals surface area contributed by atoms with E-state index < -0.39 is 6.61 Å². The van der Waals surface area contributed by atoms with Gasteiger partial charge in [0.1, 0.15) is 5.75 Å². The maximum absolute atomic E-state index is 12.3. The van der Waals surface area contributed by atoms with Gasteiger partial charge >= 0.3 is 6.61 Å². The summed E-state index contributed by atoms with van der Waals surface area (Å²) in [7, 11) is 0. The maximum Gasteiger partial charge on any atom is 0.387 e.